The number of hydrazone groups is 1. The van der Waals surface area contributed by atoms with Crippen LogP contribution >= 0.6 is 0 Å². The number of amides is 2. The fourth-order valence-electron chi connectivity index (χ4n) is 5.82. The number of hydrogen-bond acceptors (Lipinski definition) is 5. The maximum absolute atomic E-state index is 13.0. The molecular formula is C19H30N4O3. The van der Waals surface area contributed by atoms with E-state index in [2.05, 4.69) is 10.4 Å². The second-order valence-electron chi connectivity index (χ2n) is 8.89. The lowest BCUT2D eigenvalue weighted by atomic mass is 9.54. The van der Waals surface area contributed by atoms with Gasteiger partial charge in [-0.1, -0.05) is 0 Å². The van der Waals surface area contributed by atoms with Crippen LogP contribution in [0.1, 0.15) is 46.0 Å². The van der Waals surface area contributed by atoms with Crippen LogP contribution in [-0.4, -0.2) is 48.0 Å². The highest BCUT2D eigenvalue weighted by atomic mass is 16.5. The highest BCUT2D eigenvalue weighted by Crippen LogP contribution is 2.53. The molecule has 4 saturated carbocycles. The molecule has 4 fully saturated rings. The molecule has 0 aromatic rings. The number of carbonyl (C=O) groups is 2. The fraction of sp³-hybridized carbons (Fsp3) is 0.842. The molecule has 2 unspecified atom stereocenters. The van der Waals surface area contributed by atoms with Gasteiger partial charge in [0.25, 0.3) is 0 Å². The summed E-state index contributed by atoms with van der Waals surface area (Å²) in [7, 11) is 0. The average molecular weight is 362 g/mol. The van der Waals surface area contributed by atoms with Crippen LogP contribution in [0.4, 0.5) is 0 Å². The highest BCUT2D eigenvalue weighted by molar-refractivity contribution is 5.95. The maximum Gasteiger partial charge on any atom is 0.238 e. The molecule has 0 spiro atoms. The zero-order valence-corrected chi connectivity index (χ0v) is 15.6. The summed E-state index contributed by atoms with van der Waals surface area (Å²) in [5.41, 5.74) is 5.30. The van der Waals surface area contributed by atoms with Crippen LogP contribution in [0.15, 0.2) is 5.10 Å². The second-order valence-corrected chi connectivity index (χ2v) is 8.89. The van der Waals surface area contributed by atoms with Crippen molar-refractivity contribution in [3.05, 3.63) is 0 Å². The Balaban J connectivity index is 1.43. The number of nitrogens with two attached hydrogens (primary N) is 1. The van der Waals surface area contributed by atoms with E-state index in [1.165, 1.54) is 37.1 Å². The Morgan fingerprint density at radius 3 is 2.35 bits per heavy atom. The number of ether oxygens (including phenoxy) is 1. The van der Waals surface area contributed by atoms with Crippen molar-refractivity contribution in [2.24, 2.45) is 40.4 Å². The summed E-state index contributed by atoms with van der Waals surface area (Å²) in [5.74, 6) is 1.97. The number of nitrogens with one attached hydrogen (secondary N) is 1. The lowest BCUT2D eigenvalue weighted by molar-refractivity contribution is -0.143. The van der Waals surface area contributed by atoms with Crippen molar-refractivity contribution in [1.82, 2.24) is 10.3 Å². The first kappa shape index (κ1) is 17.8. The standard InChI is InChI=1S/C19H30N4O3/c1-10(2)26-19-15(8-21-23(19)9-16(20)24)18(25)22-17-13-4-11-3-12(6-13)7-14(17)5-11/h8,10-15,17,19H,3-7,9H2,1-2H3,(H2,20,24)(H,22,25). The van der Waals surface area contributed by atoms with Gasteiger partial charge in [-0.15, -0.1) is 0 Å². The van der Waals surface area contributed by atoms with E-state index in [1.54, 1.807) is 6.21 Å². The van der Waals surface area contributed by atoms with Gasteiger partial charge in [0.2, 0.25) is 11.8 Å². The smallest absolute Gasteiger partial charge is 0.238 e. The molecule has 7 nitrogen and oxygen atoms in total. The van der Waals surface area contributed by atoms with Crippen molar-refractivity contribution in [3.8, 4) is 0 Å². The molecule has 144 valence electrons. The van der Waals surface area contributed by atoms with E-state index < -0.39 is 18.1 Å². The van der Waals surface area contributed by atoms with E-state index >= 15 is 0 Å². The average Bonchev–Trinajstić information content (AvgIpc) is 2.91. The van der Waals surface area contributed by atoms with Gasteiger partial charge in [0.1, 0.15) is 12.5 Å². The zero-order valence-electron chi connectivity index (χ0n) is 15.6. The fourth-order valence-corrected chi connectivity index (χ4v) is 5.82. The lowest BCUT2D eigenvalue weighted by Gasteiger charge is -2.54. The van der Waals surface area contributed by atoms with E-state index in [0.717, 1.165) is 11.8 Å². The molecule has 3 N–H and O–H groups in total. The Kier molecular flexibility index (Phi) is 4.67. The molecule has 7 heteroatoms. The van der Waals surface area contributed by atoms with Crippen molar-refractivity contribution >= 4 is 18.0 Å². The Morgan fingerprint density at radius 1 is 1.19 bits per heavy atom. The summed E-state index contributed by atoms with van der Waals surface area (Å²) in [6, 6.07) is 0.286. The summed E-state index contributed by atoms with van der Waals surface area (Å²) in [6.45, 7) is 3.77. The van der Waals surface area contributed by atoms with E-state index in [4.69, 9.17) is 10.5 Å². The molecule has 26 heavy (non-hydrogen) atoms. The summed E-state index contributed by atoms with van der Waals surface area (Å²) >= 11 is 0. The molecule has 1 aliphatic heterocycles. The van der Waals surface area contributed by atoms with Crippen LogP contribution in [0.3, 0.4) is 0 Å². The molecule has 0 radical (unpaired) electrons. The number of rotatable bonds is 6. The minimum absolute atomic E-state index is 0.0381. The summed E-state index contributed by atoms with van der Waals surface area (Å²) < 4.78 is 5.90. The van der Waals surface area contributed by atoms with Crippen molar-refractivity contribution in [2.75, 3.05) is 6.54 Å². The van der Waals surface area contributed by atoms with Crippen LogP contribution < -0.4 is 11.1 Å². The Hall–Kier alpha value is -1.63. The molecule has 4 bridgehead atoms. The molecular weight excluding hydrogens is 332 g/mol. The van der Waals surface area contributed by atoms with Gasteiger partial charge in [0.15, 0.2) is 6.23 Å². The first-order valence-corrected chi connectivity index (χ1v) is 9.95. The van der Waals surface area contributed by atoms with Crippen LogP contribution in [0.25, 0.3) is 0 Å². The number of nitrogens with zero attached hydrogens (tertiary/aromatic N) is 2. The SMILES string of the molecule is CC(C)OC1C(C(=O)NC2C3CC4CC(C3)CC2C4)C=NN1CC(N)=O. The van der Waals surface area contributed by atoms with Crippen molar-refractivity contribution < 1.29 is 14.3 Å². The molecule has 2 amide bonds. The molecule has 5 aliphatic rings. The van der Waals surface area contributed by atoms with Crippen molar-refractivity contribution in [3.63, 3.8) is 0 Å². The third kappa shape index (κ3) is 3.33. The lowest BCUT2D eigenvalue weighted by Crippen LogP contribution is -2.58. The number of hydrogen-bond donors (Lipinski definition) is 2. The van der Waals surface area contributed by atoms with E-state index in [9.17, 15) is 9.59 Å². The maximum atomic E-state index is 13.0. The van der Waals surface area contributed by atoms with Gasteiger partial charge in [-0.05, 0) is 69.6 Å². The van der Waals surface area contributed by atoms with Gasteiger partial charge in [-0.3, -0.25) is 14.6 Å². The Labute approximate surface area is 154 Å². The van der Waals surface area contributed by atoms with Crippen LogP contribution in [0, 0.1) is 29.6 Å². The molecule has 0 aromatic heterocycles. The number of carbonyl (C=O) groups excluding carboxylic acids is 2. The van der Waals surface area contributed by atoms with E-state index in [0.29, 0.717) is 11.8 Å². The minimum Gasteiger partial charge on any atom is -0.368 e. The van der Waals surface area contributed by atoms with Gasteiger partial charge >= 0.3 is 0 Å². The predicted molar refractivity (Wildman–Crippen MR) is 96.9 cm³/mol. The molecule has 1 heterocycles. The van der Waals surface area contributed by atoms with Gasteiger partial charge in [-0.2, -0.15) is 5.10 Å². The normalized spacial score (nSPS) is 40.4. The first-order chi connectivity index (χ1) is 12.4. The van der Waals surface area contributed by atoms with Gasteiger partial charge in [0, 0.05) is 12.3 Å². The quantitative estimate of drug-likeness (QED) is 0.739. The summed E-state index contributed by atoms with van der Waals surface area (Å²) in [6.07, 6.45) is 7.39. The van der Waals surface area contributed by atoms with Gasteiger partial charge in [0.05, 0.1) is 6.10 Å². The monoisotopic (exact) mass is 362 g/mol. The van der Waals surface area contributed by atoms with E-state index in [1.807, 2.05) is 13.8 Å². The largest absolute Gasteiger partial charge is 0.368 e. The molecule has 5 rings (SSSR count). The van der Waals surface area contributed by atoms with Gasteiger partial charge in [-0.25, -0.2) is 0 Å². The molecule has 0 saturated heterocycles. The zero-order chi connectivity index (χ0) is 18.4. The van der Waals surface area contributed by atoms with Crippen LogP contribution in [0.2, 0.25) is 0 Å². The van der Waals surface area contributed by atoms with Crippen LogP contribution in [-0.2, 0) is 14.3 Å². The second kappa shape index (κ2) is 6.83. The van der Waals surface area contributed by atoms with Crippen molar-refractivity contribution in [1.29, 1.82) is 0 Å². The Morgan fingerprint density at radius 2 is 1.81 bits per heavy atom. The molecule has 2 atom stereocenters. The van der Waals surface area contributed by atoms with Crippen molar-refractivity contribution in [2.45, 2.75) is 64.3 Å². The topological polar surface area (TPSA) is 97.0 Å². The summed E-state index contributed by atoms with van der Waals surface area (Å²) in [5, 5.41) is 9.04. The number of primary amides is 1. The van der Waals surface area contributed by atoms with Crippen LogP contribution in [0.5, 0.6) is 0 Å². The molecule has 4 aliphatic carbocycles. The highest BCUT2D eigenvalue weighted by Gasteiger charge is 2.49. The first-order valence-electron chi connectivity index (χ1n) is 9.95. The molecule has 0 aromatic carbocycles. The summed E-state index contributed by atoms with van der Waals surface area (Å²) in [4.78, 5) is 24.3. The third-order valence-electron chi connectivity index (χ3n) is 6.54. The minimum atomic E-state index is -0.570. The van der Waals surface area contributed by atoms with E-state index in [-0.39, 0.29) is 24.6 Å². The predicted octanol–water partition coefficient (Wildman–Crippen LogP) is 1.08. The third-order valence-corrected chi connectivity index (χ3v) is 6.54. The van der Waals surface area contributed by atoms with Gasteiger partial charge < -0.3 is 15.8 Å². The Bertz CT molecular complexity index is 578.